The van der Waals surface area contributed by atoms with Gasteiger partial charge >= 0.3 is 0 Å². The summed E-state index contributed by atoms with van der Waals surface area (Å²) < 4.78 is 0. The maximum Gasteiger partial charge on any atom is 0.251 e. The molecule has 2 amide bonds. The number of benzene rings is 1. The standard InChI is InChI=1S/C18H26N2O3/c1-14(13-21)19-18(23)16-10-7-9-15(12-16)8-5-4-6-11-17(22)20(2)3/h5,7-10,12,14,21H,4,6,11,13H2,1-3H3,(H,19,23)/b8-5-/t14-/m0/s1. The Morgan fingerprint density at radius 3 is 2.74 bits per heavy atom. The van der Waals surface area contributed by atoms with Gasteiger partial charge in [0.2, 0.25) is 5.91 Å². The summed E-state index contributed by atoms with van der Waals surface area (Å²) in [5, 5.41) is 11.7. The summed E-state index contributed by atoms with van der Waals surface area (Å²) in [4.78, 5) is 25.0. The predicted octanol–water partition coefficient (Wildman–Crippen LogP) is 2.07. The maximum absolute atomic E-state index is 12.0. The Kier molecular flexibility index (Phi) is 8.05. The molecule has 0 fully saturated rings. The molecule has 5 heteroatoms. The van der Waals surface area contributed by atoms with Gasteiger partial charge in [-0.15, -0.1) is 0 Å². The van der Waals surface area contributed by atoms with Crippen molar-refractivity contribution in [2.45, 2.75) is 32.2 Å². The van der Waals surface area contributed by atoms with Crippen LogP contribution in [-0.2, 0) is 4.79 Å². The van der Waals surface area contributed by atoms with Crippen LogP contribution in [0.15, 0.2) is 30.3 Å². The lowest BCUT2D eigenvalue weighted by molar-refractivity contribution is -0.128. The lowest BCUT2D eigenvalue weighted by atomic mass is 10.1. The lowest BCUT2D eigenvalue weighted by Gasteiger charge is -2.10. The van der Waals surface area contributed by atoms with Crippen LogP contribution in [-0.4, -0.2) is 48.6 Å². The van der Waals surface area contributed by atoms with Crippen LogP contribution in [0, 0.1) is 0 Å². The first-order valence-corrected chi connectivity index (χ1v) is 7.82. The van der Waals surface area contributed by atoms with E-state index in [2.05, 4.69) is 5.32 Å². The highest BCUT2D eigenvalue weighted by atomic mass is 16.3. The molecule has 0 aliphatic carbocycles. The van der Waals surface area contributed by atoms with Gasteiger partial charge in [0.15, 0.2) is 0 Å². The zero-order chi connectivity index (χ0) is 17.2. The van der Waals surface area contributed by atoms with Crippen LogP contribution in [0.3, 0.4) is 0 Å². The van der Waals surface area contributed by atoms with E-state index in [1.54, 1.807) is 38.1 Å². The molecule has 0 aliphatic rings. The number of aliphatic hydroxyl groups excluding tert-OH is 1. The van der Waals surface area contributed by atoms with Gasteiger partial charge in [0.25, 0.3) is 5.91 Å². The topological polar surface area (TPSA) is 69.6 Å². The van der Waals surface area contributed by atoms with Crippen molar-refractivity contribution >= 4 is 17.9 Å². The molecule has 126 valence electrons. The Labute approximate surface area is 138 Å². The molecule has 1 rings (SSSR count). The minimum atomic E-state index is -0.268. The van der Waals surface area contributed by atoms with E-state index in [0.29, 0.717) is 12.0 Å². The van der Waals surface area contributed by atoms with Crippen molar-refractivity contribution in [3.63, 3.8) is 0 Å². The summed E-state index contributed by atoms with van der Waals surface area (Å²) in [6.07, 6.45) is 6.13. The molecule has 0 bridgehead atoms. The van der Waals surface area contributed by atoms with Crippen molar-refractivity contribution < 1.29 is 14.7 Å². The van der Waals surface area contributed by atoms with Crippen LogP contribution < -0.4 is 5.32 Å². The van der Waals surface area contributed by atoms with Gasteiger partial charge in [0.05, 0.1) is 6.61 Å². The van der Waals surface area contributed by atoms with E-state index in [0.717, 1.165) is 18.4 Å². The number of amides is 2. The molecule has 0 spiro atoms. The minimum absolute atomic E-state index is 0.0863. The first-order chi connectivity index (χ1) is 10.9. The SMILES string of the molecule is C[C@@H](CO)NC(=O)c1cccc(/C=C\CCCC(=O)N(C)C)c1. The average molecular weight is 318 g/mol. The number of hydrogen-bond acceptors (Lipinski definition) is 3. The number of carbonyl (C=O) groups excluding carboxylic acids is 2. The van der Waals surface area contributed by atoms with Crippen molar-refractivity contribution in [3.05, 3.63) is 41.5 Å². The van der Waals surface area contributed by atoms with Crippen molar-refractivity contribution in [3.8, 4) is 0 Å². The molecule has 0 saturated heterocycles. The monoisotopic (exact) mass is 318 g/mol. The molecule has 1 atom stereocenters. The van der Waals surface area contributed by atoms with Gasteiger partial charge in [-0.3, -0.25) is 9.59 Å². The smallest absolute Gasteiger partial charge is 0.251 e. The summed E-state index contributed by atoms with van der Waals surface area (Å²) in [7, 11) is 3.51. The Hall–Kier alpha value is -2.14. The van der Waals surface area contributed by atoms with E-state index in [-0.39, 0.29) is 24.5 Å². The van der Waals surface area contributed by atoms with Gasteiger partial charge < -0.3 is 15.3 Å². The van der Waals surface area contributed by atoms with Crippen LogP contribution in [0.2, 0.25) is 0 Å². The third-order valence-corrected chi connectivity index (χ3v) is 3.37. The molecular formula is C18H26N2O3. The summed E-state index contributed by atoms with van der Waals surface area (Å²) in [6, 6.07) is 7.03. The first kappa shape index (κ1) is 18.9. The van der Waals surface area contributed by atoms with E-state index in [1.165, 1.54) is 0 Å². The molecule has 0 heterocycles. The lowest BCUT2D eigenvalue weighted by Crippen LogP contribution is -2.34. The number of allylic oxidation sites excluding steroid dienone is 1. The summed E-state index contributed by atoms with van der Waals surface area (Å²) in [5.74, 6) is -0.0616. The van der Waals surface area contributed by atoms with Gasteiger partial charge in [-0.25, -0.2) is 0 Å². The number of carbonyl (C=O) groups is 2. The van der Waals surface area contributed by atoms with Crippen LogP contribution in [0.1, 0.15) is 42.1 Å². The average Bonchev–Trinajstić information content (AvgIpc) is 2.54. The normalized spacial score (nSPS) is 12.2. The number of nitrogens with one attached hydrogen (secondary N) is 1. The minimum Gasteiger partial charge on any atom is -0.394 e. The molecule has 0 saturated carbocycles. The highest BCUT2D eigenvalue weighted by molar-refractivity contribution is 5.94. The van der Waals surface area contributed by atoms with E-state index in [1.807, 2.05) is 24.3 Å². The zero-order valence-corrected chi connectivity index (χ0v) is 14.1. The van der Waals surface area contributed by atoms with Crippen LogP contribution in [0.25, 0.3) is 6.08 Å². The van der Waals surface area contributed by atoms with Crippen molar-refractivity contribution in [2.24, 2.45) is 0 Å². The molecule has 0 aromatic heterocycles. The molecule has 2 N–H and O–H groups in total. The third-order valence-electron chi connectivity index (χ3n) is 3.37. The van der Waals surface area contributed by atoms with Gasteiger partial charge in [0.1, 0.15) is 0 Å². The fourth-order valence-electron chi connectivity index (χ4n) is 1.95. The molecular weight excluding hydrogens is 292 g/mol. The number of aliphatic hydroxyl groups is 1. The largest absolute Gasteiger partial charge is 0.394 e. The molecule has 5 nitrogen and oxygen atoms in total. The maximum atomic E-state index is 12.0. The van der Waals surface area contributed by atoms with Crippen molar-refractivity contribution in [1.29, 1.82) is 0 Å². The van der Waals surface area contributed by atoms with Gasteiger partial charge in [0, 0.05) is 32.1 Å². The molecule has 23 heavy (non-hydrogen) atoms. The van der Waals surface area contributed by atoms with Gasteiger partial charge in [-0.2, -0.15) is 0 Å². The first-order valence-electron chi connectivity index (χ1n) is 7.82. The number of nitrogens with zero attached hydrogens (tertiary/aromatic N) is 1. The molecule has 1 aromatic rings. The predicted molar refractivity (Wildman–Crippen MR) is 92.0 cm³/mol. The van der Waals surface area contributed by atoms with E-state index in [4.69, 9.17) is 5.11 Å². The second-order valence-electron chi connectivity index (χ2n) is 5.77. The Bertz CT molecular complexity index is 553. The van der Waals surface area contributed by atoms with E-state index in [9.17, 15) is 9.59 Å². The number of rotatable bonds is 8. The Morgan fingerprint density at radius 2 is 2.09 bits per heavy atom. The summed E-state index contributed by atoms with van der Waals surface area (Å²) in [5.41, 5.74) is 1.50. The summed E-state index contributed by atoms with van der Waals surface area (Å²) >= 11 is 0. The number of hydrogen-bond donors (Lipinski definition) is 2. The third kappa shape index (κ3) is 7.10. The van der Waals surface area contributed by atoms with Crippen LogP contribution in [0.4, 0.5) is 0 Å². The molecule has 1 aromatic carbocycles. The highest BCUT2D eigenvalue weighted by Crippen LogP contribution is 2.09. The second-order valence-corrected chi connectivity index (χ2v) is 5.77. The van der Waals surface area contributed by atoms with E-state index < -0.39 is 0 Å². The number of unbranched alkanes of at least 4 members (excludes halogenated alkanes) is 1. The molecule has 0 unspecified atom stereocenters. The Morgan fingerprint density at radius 1 is 1.35 bits per heavy atom. The van der Waals surface area contributed by atoms with Crippen LogP contribution >= 0.6 is 0 Å². The van der Waals surface area contributed by atoms with Gasteiger partial charge in [-0.1, -0.05) is 24.3 Å². The van der Waals surface area contributed by atoms with Crippen molar-refractivity contribution in [1.82, 2.24) is 10.2 Å². The molecule has 0 aliphatic heterocycles. The quantitative estimate of drug-likeness (QED) is 0.721. The molecule has 0 radical (unpaired) electrons. The van der Waals surface area contributed by atoms with Crippen LogP contribution in [0.5, 0.6) is 0 Å². The second kappa shape index (κ2) is 9.79. The summed E-state index contributed by atoms with van der Waals surface area (Å²) in [6.45, 7) is 1.66. The highest BCUT2D eigenvalue weighted by Gasteiger charge is 2.08. The van der Waals surface area contributed by atoms with E-state index >= 15 is 0 Å². The fraction of sp³-hybridized carbons (Fsp3) is 0.444. The van der Waals surface area contributed by atoms with Crippen molar-refractivity contribution in [2.75, 3.05) is 20.7 Å². The fourth-order valence-corrected chi connectivity index (χ4v) is 1.95. The van der Waals surface area contributed by atoms with Gasteiger partial charge in [-0.05, 0) is 37.5 Å². The zero-order valence-electron chi connectivity index (χ0n) is 14.1. The Balaban J connectivity index is 2.52.